The zero-order valence-electron chi connectivity index (χ0n) is 18.5. The predicted molar refractivity (Wildman–Crippen MR) is 134 cm³/mol. The second-order valence-corrected chi connectivity index (χ2v) is 10.5. The molecule has 0 bridgehead atoms. The Balaban J connectivity index is 1.31. The Hall–Kier alpha value is -3.56. The Morgan fingerprint density at radius 1 is 1.39 bits per heavy atom. The van der Waals surface area contributed by atoms with Crippen molar-refractivity contribution in [3.8, 4) is 0 Å². The molecule has 12 nitrogen and oxygen atoms in total. The molecule has 0 spiro atoms. The van der Waals surface area contributed by atoms with E-state index in [1.807, 2.05) is 18.2 Å². The first kappa shape index (κ1) is 24.1. The molecule has 186 valence electrons. The van der Waals surface area contributed by atoms with Crippen molar-refractivity contribution in [2.75, 3.05) is 24.3 Å². The van der Waals surface area contributed by atoms with Gasteiger partial charge in [-0.25, -0.2) is 14.8 Å². The normalized spacial score (nSPS) is 19.8. The van der Waals surface area contributed by atoms with Crippen molar-refractivity contribution in [2.24, 2.45) is 5.16 Å². The number of rotatable bonds is 8. The van der Waals surface area contributed by atoms with Gasteiger partial charge >= 0.3 is 5.97 Å². The number of carbonyl (C=O) groups is 3. The van der Waals surface area contributed by atoms with E-state index in [4.69, 9.17) is 15.0 Å². The number of aliphatic carboxylic acids is 1. The van der Waals surface area contributed by atoms with Crippen molar-refractivity contribution >= 4 is 74.6 Å². The Kier molecular flexibility index (Phi) is 6.59. The third kappa shape index (κ3) is 4.40. The zero-order valence-corrected chi connectivity index (χ0v) is 21.0. The van der Waals surface area contributed by atoms with Crippen LogP contribution in [0.3, 0.4) is 0 Å². The Labute approximate surface area is 215 Å². The molecule has 15 heteroatoms. The number of oxime groups is 1. The molecular weight excluding hydrogens is 528 g/mol. The standard InChI is InChI=1S/C21H18N6O6S3/c1-32-26-13(11-8-35-20(22)23-11)16(28)25-14-17(29)27-15(19(30)31)9(6-34-18(14)27)7-36-21-24-10-4-2-3-5-12(10)33-21/h2-5,8,14,18H,6-7H2,1H3,(H2,22,23)(H,25,28)(H,30,31)/t14-,18+/m1/s1. The molecule has 0 unspecified atom stereocenters. The maximum atomic E-state index is 13.0. The maximum Gasteiger partial charge on any atom is 0.352 e. The summed E-state index contributed by atoms with van der Waals surface area (Å²) in [4.78, 5) is 52.3. The maximum absolute atomic E-state index is 13.0. The zero-order chi connectivity index (χ0) is 25.4. The number of carboxylic acids is 1. The minimum Gasteiger partial charge on any atom is -0.477 e. The smallest absolute Gasteiger partial charge is 0.352 e. The summed E-state index contributed by atoms with van der Waals surface area (Å²) < 4.78 is 5.69. The van der Waals surface area contributed by atoms with Crippen LogP contribution in [0, 0.1) is 0 Å². The number of anilines is 1. The Morgan fingerprint density at radius 2 is 2.19 bits per heavy atom. The lowest BCUT2D eigenvalue weighted by atomic mass is 10.0. The number of carboxylic acid groups (broad SMARTS) is 1. The molecule has 2 amide bonds. The van der Waals surface area contributed by atoms with Gasteiger partial charge < -0.3 is 25.4 Å². The third-order valence-electron chi connectivity index (χ3n) is 5.34. The molecule has 2 aliphatic heterocycles. The van der Waals surface area contributed by atoms with Gasteiger partial charge in [0.25, 0.3) is 17.0 Å². The number of thioether (sulfide) groups is 2. The quantitative estimate of drug-likeness (QED) is 0.163. The van der Waals surface area contributed by atoms with E-state index in [1.165, 1.54) is 35.5 Å². The molecule has 0 radical (unpaired) electrons. The number of nitrogens with one attached hydrogen (secondary N) is 1. The van der Waals surface area contributed by atoms with Crippen LogP contribution < -0.4 is 11.1 Å². The van der Waals surface area contributed by atoms with Crippen LogP contribution >= 0.6 is 34.9 Å². The summed E-state index contributed by atoms with van der Waals surface area (Å²) >= 11 is 3.75. The molecule has 4 heterocycles. The van der Waals surface area contributed by atoms with Crippen LogP contribution in [0.2, 0.25) is 0 Å². The molecule has 1 fully saturated rings. The summed E-state index contributed by atoms with van der Waals surface area (Å²) in [7, 11) is 1.28. The fraction of sp³-hybridized carbons (Fsp3) is 0.238. The number of hydrogen-bond acceptors (Lipinski definition) is 12. The van der Waals surface area contributed by atoms with Gasteiger partial charge in [0, 0.05) is 16.9 Å². The Morgan fingerprint density at radius 3 is 2.89 bits per heavy atom. The van der Waals surface area contributed by atoms with Crippen LogP contribution in [0.5, 0.6) is 0 Å². The highest BCUT2D eigenvalue weighted by atomic mass is 32.2. The fourth-order valence-corrected chi connectivity index (χ4v) is 6.63. The molecular formula is C21H18N6O6S3. The Bertz CT molecular complexity index is 1400. The van der Waals surface area contributed by atoms with Crippen LogP contribution in [0.25, 0.3) is 11.1 Å². The van der Waals surface area contributed by atoms with E-state index in [1.54, 1.807) is 11.4 Å². The van der Waals surface area contributed by atoms with Gasteiger partial charge in [-0.3, -0.25) is 14.5 Å². The number of aromatic nitrogens is 2. The predicted octanol–water partition coefficient (Wildman–Crippen LogP) is 1.75. The van der Waals surface area contributed by atoms with E-state index in [-0.39, 0.29) is 28.0 Å². The van der Waals surface area contributed by atoms with Crippen LogP contribution in [-0.2, 0) is 19.2 Å². The van der Waals surface area contributed by atoms with Crippen LogP contribution in [0.15, 0.2) is 55.7 Å². The van der Waals surface area contributed by atoms with E-state index in [9.17, 15) is 19.5 Å². The van der Waals surface area contributed by atoms with Crippen molar-refractivity contribution in [2.45, 2.75) is 16.6 Å². The lowest BCUT2D eigenvalue weighted by Gasteiger charge is -2.49. The van der Waals surface area contributed by atoms with Gasteiger partial charge in [-0.05, 0) is 17.7 Å². The van der Waals surface area contributed by atoms with E-state index in [0.29, 0.717) is 27.6 Å². The number of benzene rings is 1. The van der Waals surface area contributed by atoms with Gasteiger partial charge in [0.05, 0.1) is 0 Å². The molecule has 1 aromatic carbocycles. The van der Waals surface area contributed by atoms with Gasteiger partial charge in [0.15, 0.2) is 16.4 Å². The number of thiazole rings is 1. The number of β-lactam (4-membered cyclic amide) rings is 1. The molecule has 0 saturated carbocycles. The van der Waals surface area contributed by atoms with Gasteiger partial charge in [0.2, 0.25) is 0 Å². The number of nitrogens with zero attached hydrogens (tertiary/aromatic N) is 4. The first-order valence-electron chi connectivity index (χ1n) is 10.4. The number of hydrogen-bond donors (Lipinski definition) is 3. The van der Waals surface area contributed by atoms with Crippen molar-refractivity contribution in [1.29, 1.82) is 0 Å². The summed E-state index contributed by atoms with van der Waals surface area (Å²) in [6.45, 7) is 0. The molecule has 0 aliphatic carbocycles. The summed E-state index contributed by atoms with van der Waals surface area (Å²) in [5.41, 5.74) is 7.54. The number of oxazole rings is 1. The monoisotopic (exact) mass is 546 g/mol. The van der Waals surface area contributed by atoms with Crippen LogP contribution in [0.1, 0.15) is 5.69 Å². The molecule has 2 atom stereocenters. The lowest BCUT2D eigenvalue weighted by molar-refractivity contribution is -0.150. The topological polar surface area (TPSA) is 173 Å². The number of nitrogen functional groups attached to an aromatic ring is 1. The van der Waals surface area contributed by atoms with Crippen molar-refractivity contribution in [1.82, 2.24) is 20.2 Å². The molecule has 3 aromatic rings. The lowest BCUT2D eigenvalue weighted by Crippen LogP contribution is -2.71. The SMILES string of the molecule is CON=C(C(=O)N[C@@H]1C(=O)N2C(C(=O)O)=C(CSc3nc4ccccc4o3)CS[C@@H]12)c1csc(N)n1. The highest BCUT2D eigenvalue weighted by Gasteiger charge is 2.54. The van der Waals surface area contributed by atoms with E-state index in [2.05, 4.69) is 20.4 Å². The van der Waals surface area contributed by atoms with Crippen LogP contribution in [0.4, 0.5) is 5.13 Å². The highest BCUT2D eigenvalue weighted by molar-refractivity contribution is 8.01. The molecule has 2 aliphatic rings. The second kappa shape index (κ2) is 9.83. The largest absolute Gasteiger partial charge is 0.477 e. The average Bonchev–Trinajstić information content (AvgIpc) is 3.49. The summed E-state index contributed by atoms with van der Waals surface area (Å²) in [6.07, 6.45) is 0. The molecule has 36 heavy (non-hydrogen) atoms. The number of amides is 2. The minimum atomic E-state index is -1.22. The summed E-state index contributed by atoms with van der Waals surface area (Å²) in [5, 5.41) is 17.8. The average molecular weight is 547 g/mol. The van der Waals surface area contributed by atoms with Gasteiger partial charge in [-0.15, -0.1) is 23.1 Å². The van der Waals surface area contributed by atoms with Crippen molar-refractivity contribution < 1.29 is 28.7 Å². The van der Waals surface area contributed by atoms with Gasteiger partial charge in [-0.2, -0.15) is 0 Å². The van der Waals surface area contributed by atoms with Crippen molar-refractivity contribution in [3.05, 3.63) is 46.6 Å². The fourth-order valence-electron chi connectivity index (χ4n) is 3.76. The summed E-state index contributed by atoms with van der Waals surface area (Å²) in [6, 6.07) is 6.39. The number of fused-ring (bicyclic) bond motifs is 2. The molecule has 4 N–H and O–H groups in total. The summed E-state index contributed by atoms with van der Waals surface area (Å²) in [5.74, 6) is -1.79. The molecule has 5 rings (SSSR count). The van der Waals surface area contributed by atoms with Crippen LogP contribution in [-0.4, -0.2) is 73.5 Å². The van der Waals surface area contributed by atoms with Crippen molar-refractivity contribution in [3.63, 3.8) is 0 Å². The molecule has 1 saturated heterocycles. The second-order valence-electron chi connectivity index (χ2n) is 7.55. The van der Waals surface area contributed by atoms with Gasteiger partial charge in [-0.1, -0.05) is 29.1 Å². The number of nitrogens with two attached hydrogens (primary N) is 1. The first-order chi connectivity index (χ1) is 17.4. The van der Waals surface area contributed by atoms with E-state index >= 15 is 0 Å². The molecule has 2 aromatic heterocycles. The van der Waals surface area contributed by atoms with E-state index in [0.717, 1.165) is 11.3 Å². The number of para-hydroxylation sites is 2. The van der Waals surface area contributed by atoms with E-state index < -0.39 is 29.2 Å². The minimum absolute atomic E-state index is 0.0871. The first-order valence-corrected chi connectivity index (χ1v) is 13.3. The third-order valence-corrected chi connectivity index (χ3v) is 8.27. The van der Waals surface area contributed by atoms with Gasteiger partial charge in [0.1, 0.15) is 35.4 Å². The number of carbonyl (C=O) groups excluding carboxylic acids is 2. The highest BCUT2D eigenvalue weighted by Crippen LogP contribution is 2.41.